The number of nitrogens with one attached hydrogen (secondary N) is 1. The molecular weight excluding hydrogens is 602 g/mol. The molecule has 4 aromatic rings. The number of aryl methyl sites for hydroxylation is 1. The van der Waals surface area contributed by atoms with Gasteiger partial charge in [0.25, 0.3) is 15.9 Å². The van der Waals surface area contributed by atoms with Crippen molar-refractivity contribution in [3.8, 4) is 5.69 Å². The van der Waals surface area contributed by atoms with Crippen LogP contribution in [0.2, 0.25) is 20.1 Å². The molecule has 1 amide bonds. The summed E-state index contributed by atoms with van der Waals surface area (Å²) < 4.78 is 29.8. The fraction of sp³-hybridized carbons (Fsp3) is 0.111. The number of hydrogen-bond acceptors (Lipinski definition) is 4. The SMILES string of the molecule is Cc1cc(/C=N\NC(=O)CN(c2cccc(Cl)c2)S(=O)(=O)c2ccc(Cl)cc2)c(C)n1-c1ccc(Cl)cc1Cl. The topological polar surface area (TPSA) is 83.8 Å². The zero-order chi connectivity index (χ0) is 28.3. The summed E-state index contributed by atoms with van der Waals surface area (Å²) in [4.78, 5) is 12.8. The lowest BCUT2D eigenvalue weighted by atomic mass is 10.2. The van der Waals surface area contributed by atoms with Crippen LogP contribution < -0.4 is 9.73 Å². The van der Waals surface area contributed by atoms with Crippen LogP contribution in [0.5, 0.6) is 0 Å². The molecule has 0 atom stereocenters. The molecule has 39 heavy (non-hydrogen) atoms. The molecule has 1 aromatic heterocycles. The summed E-state index contributed by atoms with van der Waals surface area (Å²) in [6, 6.07) is 19.0. The van der Waals surface area contributed by atoms with E-state index >= 15 is 0 Å². The lowest BCUT2D eigenvalue weighted by Gasteiger charge is -2.23. The molecular formula is C27H22Cl4N4O3S. The van der Waals surface area contributed by atoms with Crippen LogP contribution in [0.15, 0.2) is 82.8 Å². The van der Waals surface area contributed by atoms with Crippen molar-refractivity contribution in [3.05, 3.63) is 110 Å². The van der Waals surface area contributed by atoms with Gasteiger partial charge in [-0.1, -0.05) is 52.5 Å². The maximum atomic E-state index is 13.5. The number of benzene rings is 3. The van der Waals surface area contributed by atoms with Crippen molar-refractivity contribution in [1.29, 1.82) is 0 Å². The molecule has 0 radical (unpaired) electrons. The van der Waals surface area contributed by atoms with Gasteiger partial charge in [-0.2, -0.15) is 5.10 Å². The number of halogens is 4. The number of nitrogens with zero attached hydrogens (tertiary/aromatic N) is 3. The molecule has 0 fully saturated rings. The molecule has 0 unspecified atom stereocenters. The molecule has 0 saturated carbocycles. The van der Waals surface area contributed by atoms with E-state index in [4.69, 9.17) is 46.4 Å². The molecule has 0 spiro atoms. The van der Waals surface area contributed by atoms with Gasteiger partial charge in [0.2, 0.25) is 0 Å². The molecule has 202 valence electrons. The van der Waals surface area contributed by atoms with Crippen LogP contribution in [-0.2, 0) is 14.8 Å². The number of sulfonamides is 1. The van der Waals surface area contributed by atoms with Crippen LogP contribution in [0.25, 0.3) is 5.69 Å². The summed E-state index contributed by atoms with van der Waals surface area (Å²) in [7, 11) is -4.13. The van der Waals surface area contributed by atoms with Crippen LogP contribution in [0.4, 0.5) is 5.69 Å². The highest BCUT2D eigenvalue weighted by molar-refractivity contribution is 7.92. The Labute approximate surface area is 246 Å². The zero-order valence-electron chi connectivity index (χ0n) is 20.7. The van der Waals surface area contributed by atoms with Gasteiger partial charge in [0, 0.05) is 32.0 Å². The summed E-state index contributed by atoms with van der Waals surface area (Å²) in [6.07, 6.45) is 1.48. The highest BCUT2D eigenvalue weighted by Gasteiger charge is 2.27. The van der Waals surface area contributed by atoms with Gasteiger partial charge in [0.1, 0.15) is 6.54 Å². The summed E-state index contributed by atoms with van der Waals surface area (Å²) in [6.45, 7) is 3.26. The van der Waals surface area contributed by atoms with Crippen molar-refractivity contribution in [2.24, 2.45) is 5.10 Å². The van der Waals surface area contributed by atoms with Gasteiger partial charge in [0.05, 0.1) is 27.5 Å². The Morgan fingerprint density at radius 1 is 0.923 bits per heavy atom. The first-order chi connectivity index (χ1) is 18.5. The predicted molar refractivity (Wildman–Crippen MR) is 158 cm³/mol. The number of hydrazone groups is 1. The van der Waals surface area contributed by atoms with E-state index in [0.29, 0.717) is 20.1 Å². The van der Waals surface area contributed by atoms with Gasteiger partial charge in [-0.3, -0.25) is 9.10 Å². The van der Waals surface area contributed by atoms with Crippen molar-refractivity contribution in [1.82, 2.24) is 9.99 Å². The third kappa shape index (κ3) is 6.59. The summed E-state index contributed by atoms with van der Waals surface area (Å²) >= 11 is 24.5. The molecule has 12 heteroatoms. The molecule has 4 rings (SSSR count). The minimum Gasteiger partial charge on any atom is -0.316 e. The van der Waals surface area contributed by atoms with E-state index in [0.717, 1.165) is 26.9 Å². The number of anilines is 1. The fourth-order valence-electron chi connectivity index (χ4n) is 3.97. The maximum absolute atomic E-state index is 13.5. The van der Waals surface area contributed by atoms with Crippen molar-refractivity contribution >= 4 is 74.2 Å². The third-order valence-electron chi connectivity index (χ3n) is 5.80. The third-order valence-corrected chi connectivity index (χ3v) is 8.61. The quantitative estimate of drug-likeness (QED) is 0.169. The van der Waals surface area contributed by atoms with E-state index in [9.17, 15) is 13.2 Å². The number of carbonyl (C=O) groups is 1. The number of amides is 1. The van der Waals surface area contributed by atoms with E-state index < -0.39 is 22.5 Å². The molecule has 7 nitrogen and oxygen atoms in total. The van der Waals surface area contributed by atoms with Gasteiger partial charge in [0.15, 0.2) is 0 Å². The largest absolute Gasteiger partial charge is 0.316 e. The van der Waals surface area contributed by atoms with Crippen molar-refractivity contribution < 1.29 is 13.2 Å². The van der Waals surface area contributed by atoms with Gasteiger partial charge in [-0.25, -0.2) is 13.8 Å². The van der Waals surface area contributed by atoms with E-state index in [1.807, 2.05) is 30.5 Å². The van der Waals surface area contributed by atoms with Crippen molar-refractivity contribution in [3.63, 3.8) is 0 Å². The average molecular weight is 624 g/mol. The molecule has 0 bridgehead atoms. The van der Waals surface area contributed by atoms with Gasteiger partial charge in [-0.05, 0) is 80.6 Å². The van der Waals surface area contributed by atoms with Crippen LogP contribution in [0.1, 0.15) is 17.0 Å². The minimum atomic E-state index is -4.13. The first kappa shape index (κ1) is 29.0. The van der Waals surface area contributed by atoms with Crippen LogP contribution in [0.3, 0.4) is 0 Å². The van der Waals surface area contributed by atoms with Gasteiger partial charge < -0.3 is 4.57 Å². The molecule has 0 saturated heterocycles. The first-order valence-corrected chi connectivity index (χ1v) is 14.4. The number of rotatable bonds is 8. The molecule has 1 heterocycles. The molecule has 0 aliphatic heterocycles. The van der Waals surface area contributed by atoms with Crippen molar-refractivity contribution in [2.75, 3.05) is 10.8 Å². The van der Waals surface area contributed by atoms with Crippen LogP contribution >= 0.6 is 46.4 Å². The second kappa shape index (κ2) is 12.0. The Kier molecular flexibility index (Phi) is 8.93. The number of aromatic nitrogens is 1. The summed E-state index contributed by atoms with van der Waals surface area (Å²) in [5.41, 5.74) is 5.85. The first-order valence-electron chi connectivity index (χ1n) is 11.5. The summed E-state index contributed by atoms with van der Waals surface area (Å²) in [5.74, 6) is -0.654. The van der Waals surface area contributed by atoms with E-state index in [1.54, 1.807) is 30.3 Å². The lowest BCUT2D eigenvalue weighted by molar-refractivity contribution is -0.119. The monoisotopic (exact) mass is 622 g/mol. The van der Waals surface area contributed by atoms with Crippen LogP contribution in [0, 0.1) is 13.8 Å². The molecule has 3 aromatic carbocycles. The Balaban J connectivity index is 1.56. The van der Waals surface area contributed by atoms with Gasteiger partial charge >= 0.3 is 0 Å². The minimum absolute atomic E-state index is 0.0310. The highest BCUT2D eigenvalue weighted by Crippen LogP contribution is 2.29. The highest BCUT2D eigenvalue weighted by atomic mass is 35.5. The van der Waals surface area contributed by atoms with E-state index in [1.165, 1.54) is 36.5 Å². The van der Waals surface area contributed by atoms with E-state index in [2.05, 4.69) is 10.5 Å². The van der Waals surface area contributed by atoms with Gasteiger partial charge in [-0.15, -0.1) is 0 Å². The summed E-state index contributed by atoms with van der Waals surface area (Å²) in [5, 5.41) is 5.78. The zero-order valence-corrected chi connectivity index (χ0v) is 24.5. The second-order valence-corrected chi connectivity index (χ2v) is 12.1. The maximum Gasteiger partial charge on any atom is 0.264 e. The molecule has 0 aliphatic carbocycles. The van der Waals surface area contributed by atoms with E-state index in [-0.39, 0.29) is 10.6 Å². The molecule has 0 aliphatic rings. The molecule has 1 N–H and O–H groups in total. The number of carbonyl (C=O) groups excluding carboxylic acids is 1. The second-order valence-electron chi connectivity index (χ2n) is 8.50. The van der Waals surface area contributed by atoms with Crippen molar-refractivity contribution in [2.45, 2.75) is 18.7 Å². The smallest absolute Gasteiger partial charge is 0.264 e. The Morgan fingerprint density at radius 2 is 1.59 bits per heavy atom. The Bertz CT molecular complexity index is 1670. The predicted octanol–water partition coefficient (Wildman–Crippen LogP) is 7.05. The fourth-order valence-corrected chi connectivity index (χ4v) is 6.19. The Morgan fingerprint density at radius 3 is 2.26 bits per heavy atom. The lowest BCUT2D eigenvalue weighted by Crippen LogP contribution is -2.39. The van der Waals surface area contributed by atoms with Crippen LogP contribution in [-0.4, -0.2) is 31.7 Å². The average Bonchev–Trinajstić information content (AvgIpc) is 3.15. The standard InChI is InChI=1S/C27H22Cl4N4O3S/c1-17-12-19(18(2)35(17)26-11-8-22(30)14-25(26)31)15-32-33-27(36)16-34(23-5-3-4-21(29)13-23)39(37,38)24-9-6-20(28)7-10-24/h3-15H,16H2,1-2H3,(H,33,36)/b32-15-. The normalized spacial score (nSPS) is 11.6. The number of hydrogen-bond donors (Lipinski definition) is 1. The Hall–Kier alpha value is -3.01.